The third-order valence-corrected chi connectivity index (χ3v) is 6.92. The Morgan fingerprint density at radius 1 is 1.27 bits per heavy atom. The molecule has 0 spiro atoms. The van der Waals surface area contributed by atoms with Gasteiger partial charge in [0.05, 0.1) is 24.2 Å². The molecule has 0 aliphatic carbocycles. The first kappa shape index (κ1) is 24.1. The van der Waals surface area contributed by atoms with Crippen molar-refractivity contribution in [3.05, 3.63) is 29.3 Å². The van der Waals surface area contributed by atoms with Crippen LogP contribution in [0.3, 0.4) is 0 Å². The van der Waals surface area contributed by atoms with Crippen LogP contribution in [-0.2, 0) is 19.4 Å². The highest BCUT2D eigenvalue weighted by Gasteiger charge is 2.37. The molecule has 1 aromatic rings. The molecule has 2 unspecified atom stereocenters. The van der Waals surface area contributed by atoms with Gasteiger partial charge in [-0.2, -0.15) is 0 Å². The molecule has 1 aliphatic rings. The number of ether oxygens (including phenoxy) is 1. The molecule has 168 valence electrons. The number of nitrogens with zero attached hydrogens (tertiary/aromatic N) is 2. The van der Waals surface area contributed by atoms with Crippen LogP contribution >= 0.6 is 0 Å². The summed E-state index contributed by atoms with van der Waals surface area (Å²) in [7, 11) is 0.552. The van der Waals surface area contributed by atoms with Crippen molar-refractivity contribution in [3.63, 3.8) is 0 Å². The molecule has 0 saturated carbocycles. The van der Waals surface area contributed by atoms with Gasteiger partial charge < -0.3 is 19.9 Å². The van der Waals surface area contributed by atoms with E-state index < -0.39 is 33.7 Å². The van der Waals surface area contributed by atoms with Crippen LogP contribution in [0.4, 0.5) is 0 Å². The van der Waals surface area contributed by atoms with Gasteiger partial charge in [0, 0.05) is 24.7 Å². The van der Waals surface area contributed by atoms with Gasteiger partial charge in [-0.05, 0) is 47.4 Å². The zero-order valence-electron chi connectivity index (χ0n) is 18.5. The fourth-order valence-electron chi connectivity index (χ4n) is 3.54. The van der Waals surface area contributed by atoms with E-state index in [0.29, 0.717) is 31.9 Å². The largest absolute Gasteiger partial charge is 0.494 e. The monoisotopic (exact) mass is 439 g/mol. The molecule has 1 saturated heterocycles. The Morgan fingerprint density at radius 2 is 1.97 bits per heavy atom. The average Bonchev–Trinajstić information content (AvgIpc) is 3.02. The summed E-state index contributed by atoms with van der Waals surface area (Å²) in [6.45, 7) is 6.95. The van der Waals surface area contributed by atoms with Crippen LogP contribution in [0.2, 0.25) is 0 Å². The molecule has 0 aromatic heterocycles. The van der Waals surface area contributed by atoms with Crippen LogP contribution in [0.1, 0.15) is 37.4 Å². The minimum absolute atomic E-state index is 0.0441. The molecule has 1 N–H and O–H groups in total. The van der Waals surface area contributed by atoms with Crippen LogP contribution in [0, 0.1) is 6.92 Å². The fourth-order valence-corrected chi connectivity index (χ4v) is 5.27. The zero-order chi connectivity index (χ0) is 22.5. The number of carbonyl (C=O) groups is 2. The number of aryl methyl sites for hydroxylation is 1. The van der Waals surface area contributed by atoms with Crippen molar-refractivity contribution in [1.82, 2.24) is 15.1 Å². The van der Waals surface area contributed by atoms with Crippen molar-refractivity contribution in [2.24, 2.45) is 0 Å². The molecular formula is C21H33N3O5S. The Labute approximate surface area is 179 Å². The maximum Gasteiger partial charge on any atom is 0.312 e. The Bertz CT molecular complexity index is 869. The van der Waals surface area contributed by atoms with Gasteiger partial charge in [-0.1, -0.05) is 17.7 Å². The Balaban J connectivity index is 2.16. The number of rotatable bonds is 8. The SMILES string of the molecule is CCOc1ccc(C)cc1C(C)NC(=O)C(=O)N(CCN(C)C)C1CCS(=O)(=O)C1. The van der Waals surface area contributed by atoms with Crippen molar-refractivity contribution >= 4 is 21.7 Å². The zero-order valence-corrected chi connectivity index (χ0v) is 19.3. The van der Waals surface area contributed by atoms with E-state index in [-0.39, 0.29) is 11.5 Å². The molecule has 0 bridgehead atoms. The predicted octanol–water partition coefficient (Wildman–Crippen LogP) is 1.15. The first-order valence-corrected chi connectivity index (χ1v) is 12.1. The van der Waals surface area contributed by atoms with Crippen molar-refractivity contribution in [2.45, 2.75) is 39.3 Å². The Morgan fingerprint density at radius 3 is 2.53 bits per heavy atom. The highest BCUT2D eigenvalue weighted by molar-refractivity contribution is 7.91. The van der Waals surface area contributed by atoms with E-state index in [0.717, 1.165) is 11.1 Å². The second kappa shape index (κ2) is 10.3. The molecule has 2 atom stereocenters. The fraction of sp³-hybridized carbons (Fsp3) is 0.619. The molecule has 1 heterocycles. The van der Waals surface area contributed by atoms with Crippen molar-refractivity contribution in [1.29, 1.82) is 0 Å². The summed E-state index contributed by atoms with van der Waals surface area (Å²) in [5, 5.41) is 2.76. The summed E-state index contributed by atoms with van der Waals surface area (Å²) in [6, 6.07) is 4.80. The summed E-state index contributed by atoms with van der Waals surface area (Å²) >= 11 is 0. The third kappa shape index (κ3) is 6.43. The summed E-state index contributed by atoms with van der Waals surface area (Å²) < 4.78 is 29.5. The summed E-state index contributed by atoms with van der Waals surface area (Å²) in [5.74, 6) is -0.829. The first-order valence-electron chi connectivity index (χ1n) is 10.2. The van der Waals surface area contributed by atoms with Crippen LogP contribution in [0.5, 0.6) is 5.75 Å². The van der Waals surface area contributed by atoms with E-state index in [1.54, 1.807) is 6.92 Å². The van der Waals surface area contributed by atoms with Gasteiger partial charge in [0.15, 0.2) is 9.84 Å². The standard InChI is InChI=1S/C21H33N3O5S/c1-6-29-19-8-7-15(2)13-18(19)16(3)22-20(25)21(26)24(11-10-23(4)5)17-9-12-30(27,28)14-17/h7-8,13,16-17H,6,9-12,14H2,1-5H3,(H,22,25). The highest BCUT2D eigenvalue weighted by atomic mass is 32.2. The molecule has 2 amide bonds. The van der Waals surface area contributed by atoms with Gasteiger partial charge in [0.25, 0.3) is 0 Å². The quantitative estimate of drug-likeness (QED) is 0.611. The van der Waals surface area contributed by atoms with E-state index in [4.69, 9.17) is 4.74 Å². The van der Waals surface area contributed by atoms with Gasteiger partial charge in [0.2, 0.25) is 0 Å². The smallest absolute Gasteiger partial charge is 0.312 e. The minimum Gasteiger partial charge on any atom is -0.494 e. The second-order valence-corrected chi connectivity index (χ2v) is 10.3. The molecule has 0 radical (unpaired) electrons. The van der Waals surface area contributed by atoms with Crippen molar-refractivity contribution in [3.8, 4) is 5.75 Å². The Kier molecular flexibility index (Phi) is 8.25. The van der Waals surface area contributed by atoms with E-state index in [1.165, 1.54) is 4.90 Å². The number of benzene rings is 1. The summed E-state index contributed by atoms with van der Waals surface area (Å²) in [4.78, 5) is 29.0. The van der Waals surface area contributed by atoms with Gasteiger partial charge in [-0.3, -0.25) is 9.59 Å². The molecular weight excluding hydrogens is 406 g/mol. The van der Waals surface area contributed by atoms with E-state index in [1.807, 2.05) is 51.0 Å². The first-order chi connectivity index (χ1) is 14.0. The molecule has 8 nitrogen and oxygen atoms in total. The average molecular weight is 440 g/mol. The highest BCUT2D eigenvalue weighted by Crippen LogP contribution is 2.26. The maximum atomic E-state index is 13.0. The van der Waals surface area contributed by atoms with Crippen molar-refractivity contribution < 1.29 is 22.7 Å². The van der Waals surface area contributed by atoms with Gasteiger partial charge in [-0.15, -0.1) is 0 Å². The second-order valence-electron chi connectivity index (χ2n) is 8.03. The van der Waals surface area contributed by atoms with E-state index in [2.05, 4.69) is 5.32 Å². The topological polar surface area (TPSA) is 96.0 Å². The van der Waals surface area contributed by atoms with Gasteiger partial charge >= 0.3 is 11.8 Å². The van der Waals surface area contributed by atoms with Crippen LogP contribution in [-0.4, -0.2) is 81.4 Å². The number of likely N-dealkylation sites (N-methyl/N-ethyl adjacent to an activating group) is 1. The number of nitrogens with one attached hydrogen (secondary N) is 1. The van der Waals surface area contributed by atoms with Gasteiger partial charge in [0.1, 0.15) is 5.75 Å². The number of carbonyl (C=O) groups excluding carboxylic acids is 2. The number of amides is 2. The van der Waals surface area contributed by atoms with E-state index in [9.17, 15) is 18.0 Å². The normalized spacial score (nSPS) is 18.8. The summed E-state index contributed by atoms with van der Waals surface area (Å²) in [6.07, 6.45) is 0.358. The predicted molar refractivity (Wildman–Crippen MR) is 116 cm³/mol. The lowest BCUT2D eigenvalue weighted by Crippen LogP contribution is -2.50. The number of sulfone groups is 1. The number of hydrogen-bond donors (Lipinski definition) is 1. The van der Waals surface area contributed by atoms with Crippen LogP contribution < -0.4 is 10.1 Å². The van der Waals surface area contributed by atoms with Gasteiger partial charge in [-0.25, -0.2) is 8.42 Å². The maximum absolute atomic E-state index is 13.0. The lowest BCUT2D eigenvalue weighted by Gasteiger charge is -2.29. The molecule has 2 rings (SSSR count). The van der Waals surface area contributed by atoms with Crippen LogP contribution in [0.25, 0.3) is 0 Å². The molecule has 1 aliphatic heterocycles. The Hall–Kier alpha value is -2.13. The molecule has 1 aromatic carbocycles. The van der Waals surface area contributed by atoms with Crippen LogP contribution in [0.15, 0.2) is 18.2 Å². The lowest BCUT2D eigenvalue weighted by molar-refractivity contribution is -0.147. The summed E-state index contributed by atoms with van der Waals surface area (Å²) in [5.41, 5.74) is 1.81. The third-order valence-electron chi connectivity index (χ3n) is 5.17. The molecule has 30 heavy (non-hydrogen) atoms. The van der Waals surface area contributed by atoms with Crippen molar-refractivity contribution in [2.75, 3.05) is 45.3 Å². The molecule has 1 fully saturated rings. The van der Waals surface area contributed by atoms with E-state index >= 15 is 0 Å². The molecule has 9 heteroatoms. The lowest BCUT2D eigenvalue weighted by atomic mass is 10.0. The number of hydrogen-bond acceptors (Lipinski definition) is 6. The minimum atomic E-state index is -3.18.